The van der Waals surface area contributed by atoms with Gasteiger partial charge in [-0.3, -0.25) is 0 Å². The van der Waals surface area contributed by atoms with Gasteiger partial charge in [-0.05, 0) is 24.3 Å². The summed E-state index contributed by atoms with van der Waals surface area (Å²) < 4.78 is 10.2. The highest BCUT2D eigenvalue weighted by atomic mass is 35.5. The number of anilines is 1. The summed E-state index contributed by atoms with van der Waals surface area (Å²) in [6.45, 7) is 0.323. The second kappa shape index (κ2) is 6.15. The first kappa shape index (κ1) is 13.3. The van der Waals surface area contributed by atoms with Crippen LogP contribution in [0.5, 0.6) is 5.75 Å². The van der Waals surface area contributed by atoms with Crippen LogP contribution in [-0.4, -0.2) is 13.1 Å². The number of urea groups is 1. The number of hydrogen-bond acceptors (Lipinski definition) is 3. The molecule has 100 valence electrons. The number of furan rings is 1. The van der Waals surface area contributed by atoms with Crippen LogP contribution in [0.3, 0.4) is 0 Å². The number of benzene rings is 1. The first-order chi connectivity index (χ1) is 9.19. The maximum absolute atomic E-state index is 11.7. The normalized spacial score (nSPS) is 10.0. The first-order valence-corrected chi connectivity index (χ1v) is 5.97. The van der Waals surface area contributed by atoms with E-state index in [2.05, 4.69) is 10.6 Å². The van der Waals surface area contributed by atoms with Crippen molar-refractivity contribution in [3.8, 4) is 5.75 Å². The topological polar surface area (TPSA) is 63.5 Å². The van der Waals surface area contributed by atoms with Gasteiger partial charge in [-0.1, -0.05) is 11.6 Å². The van der Waals surface area contributed by atoms with E-state index in [1.807, 2.05) is 0 Å². The average Bonchev–Trinajstić information content (AvgIpc) is 2.92. The number of carbonyl (C=O) groups is 1. The van der Waals surface area contributed by atoms with Crippen molar-refractivity contribution in [3.05, 3.63) is 47.4 Å². The lowest BCUT2D eigenvalue weighted by molar-refractivity contribution is 0.251. The van der Waals surface area contributed by atoms with Crippen LogP contribution < -0.4 is 15.4 Å². The summed E-state index contributed by atoms with van der Waals surface area (Å²) in [6, 6.07) is 8.21. The van der Waals surface area contributed by atoms with E-state index in [9.17, 15) is 4.79 Å². The molecule has 2 N–H and O–H groups in total. The minimum Gasteiger partial charge on any atom is -0.495 e. The molecule has 0 fully saturated rings. The summed E-state index contributed by atoms with van der Waals surface area (Å²) in [7, 11) is 1.52. The highest BCUT2D eigenvalue weighted by molar-refractivity contribution is 6.32. The Kier molecular flexibility index (Phi) is 4.30. The van der Waals surface area contributed by atoms with Gasteiger partial charge in [0.1, 0.15) is 11.5 Å². The fourth-order valence-electron chi connectivity index (χ4n) is 1.49. The second-order valence-electron chi connectivity index (χ2n) is 3.74. The molecule has 2 aromatic rings. The molecule has 0 spiro atoms. The molecule has 0 atom stereocenters. The van der Waals surface area contributed by atoms with Gasteiger partial charge >= 0.3 is 6.03 Å². The number of hydrogen-bond donors (Lipinski definition) is 2. The Morgan fingerprint density at radius 2 is 2.26 bits per heavy atom. The number of methoxy groups -OCH3 is 1. The van der Waals surface area contributed by atoms with Crippen molar-refractivity contribution in [3.63, 3.8) is 0 Å². The lowest BCUT2D eigenvalue weighted by atomic mass is 10.3. The first-order valence-electron chi connectivity index (χ1n) is 5.60. The van der Waals surface area contributed by atoms with Crippen molar-refractivity contribution >= 4 is 23.3 Å². The number of halogens is 1. The van der Waals surface area contributed by atoms with Crippen LogP contribution in [0.4, 0.5) is 10.5 Å². The van der Waals surface area contributed by atoms with Crippen LogP contribution in [0.2, 0.25) is 5.02 Å². The van der Waals surface area contributed by atoms with Gasteiger partial charge in [0.05, 0.1) is 24.9 Å². The van der Waals surface area contributed by atoms with E-state index in [1.54, 1.807) is 36.6 Å². The molecule has 1 aromatic carbocycles. The summed E-state index contributed by atoms with van der Waals surface area (Å²) >= 11 is 5.90. The molecule has 0 saturated carbocycles. The van der Waals surface area contributed by atoms with Gasteiger partial charge in [0, 0.05) is 11.8 Å². The Balaban J connectivity index is 1.91. The van der Waals surface area contributed by atoms with Gasteiger partial charge in [-0.15, -0.1) is 0 Å². The largest absolute Gasteiger partial charge is 0.495 e. The highest BCUT2D eigenvalue weighted by Gasteiger charge is 2.06. The van der Waals surface area contributed by atoms with E-state index in [0.717, 1.165) is 0 Å². The summed E-state index contributed by atoms with van der Waals surface area (Å²) in [4.78, 5) is 11.7. The monoisotopic (exact) mass is 280 g/mol. The van der Waals surface area contributed by atoms with E-state index < -0.39 is 0 Å². The molecule has 0 saturated heterocycles. The molecule has 0 radical (unpaired) electrons. The lowest BCUT2D eigenvalue weighted by Crippen LogP contribution is -2.27. The molecule has 0 unspecified atom stereocenters. The third-order valence-corrected chi connectivity index (χ3v) is 2.72. The van der Waals surface area contributed by atoms with Gasteiger partial charge in [-0.2, -0.15) is 0 Å². The molecule has 5 nitrogen and oxygen atoms in total. The van der Waals surface area contributed by atoms with E-state index in [0.29, 0.717) is 28.8 Å². The predicted molar refractivity (Wildman–Crippen MR) is 72.6 cm³/mol. The Morgan fingerprint density at radius 1 is 1.42 bits per heavy atom. The van der Waals surface area contributed by atoms with E-state index in [4.69, 9.17) is 20.8 Å². The fourth-order valence-corrected chi connectivity index (χ4v) is 1.69. The lowest BCUT2D eigenvalue weighted by Gasteiger charge is -2.09. The number of rotatable bonds is 4. The summed E-state index contributed by atoms with van der Waals surface area (Å²) in [5.74, 6) is 1.19. The zero-order valence-electron chi connectivity index (χ0n) is 10.3. The van der Waals surface area contributed by atoms with Crippen molar-refractivity contribution < 1.29 is 13.9 Å². The molecule has 1 heterocycles. The Hall–Kier alpha value is -2.14. The van der Waals surface area contributed by atoms with Gasteiger partial charge in [0.2, 0.25) is 0 Å². The highest BCUT2D eigenvalue weighted by Crippen LogP contribution is 2.27. The van der Waals surface area contributed by atoms with E-state index in [1.165, 1.54) is 7.11 Å². The molecule has 1 aromatic heterocycles. The van der Waals surface area contributed by atoms with Crippen molar-refractivity contribution in [2.45, 2.75) is 6.54 Å². The van der Waals surface area contributed by atoms with Crippen LogP contribution in [0.15, 0.2) is 41.0 Å². The van der Waals surface area contributed by atoms with Crippen LogP contribution in [0.25, 0.3) is 0 Å². The number of carbonyl (C=O) groups excluding carboxylic acids is 1. The van der Waals surface area contributed by atoms with Crippen molar-refractivity contribution in [1.82, 2.24) is 5.32 Å². The van der Waals surface area contributed by atoms with Gasteiger partial charge < -0.3 is 19.8 Å². The van der Waals surface area contributed by atoms with Gasteiger partial charge in [0.15, 0.2) is 0 Å². The maximum atomic E-state index is 11.7. The minimum atomic E-state index is -0.333. The zero-order valence-corrected chi connectivity index (χ0v) is 11.0. The molecule has 0 aliphatic heterocycles. The summed E-state index contributed by atoms with van der Waals surface area (Å²) in [5.41, 5.74) is 0.596. The van der Waals surface area contributed by atoms with Crippen LogP contribution >= 0.6 is 11.6 Å². The van der Waals surface area contributed by atoms with Crippen LogP contribution in [0.1, 0.15) is 5.76 Å². The third kappa shape index (κ3) is 3.66. The Morgan fingerprint density at radius 3 is 2.95 bits per heavy atom. The van der Waals surface area contributed by atoms with Crippen LogP contribution in [-0.2, 0) is 6.54 Å². The minimum absolute atomic E-state index is 0.323. The fraction of sp³-hybridized carbons (Fsp3) is 0.154. The van der Waals surface area contributed by atoms with E-state index in [-0.39, 0.29) is 6.03 Å². The Labute approximate surface area is 115 Å². The maximum Gasteiger partial charge on any atom is 0.319 e. The smallest absolute Gasteiger partial charge is 0.319 e. The summed E-state index contributed by atoms with van der Waals surface area (Å²) in [6.07, 6.45) is 1.55. The molecule has 0 bridgehead atoms. The molecular weight excluding hydrogens is 268 g/mol. The molecule has 6 heteroatoms. The predicted octanol–water partition coefficient (Wildman–Crippen LogP) is 3.26. The molecule has 2 amide bonds. The number of ether oxygens (including phenoxy) is 1. The van der Waals surface area contributed by atoms with Gasteiger partial charge in [0.25, 0.3) is 0 Å². The third-order valence-electron chi connectivity index (χ3n) is 2.41. The standard InChI is InChI=1S/C13H13ClN2O3/c1-18-12-7-9(4-5-11(12)14)16-13(17)15-8-10-3-2-6-19-10/h2-7H,8H2,1H3,(H2,15,16,17). The SMILES string of the molecule is COc1cc(NC(=O)NCc2ccco2)ccc1Cl. The number of amides is 2. The zero-order chi connectivity index (χ0) is 13.7. The van der Waals surface area contributed by atoms with Crippen molar-refractivity contribution in [2.75, 3.05) is 12.4 Å². The van der Waals surface area contributed by atoms with Crippen LogP contribution in [0, 0.1) is 0 Å². The molecular formula is C13H13ClN2O3. The molecule has 0 aliphatic rings. The molecule has 19 heavy (non-hydrogen) atoms. The molecule has 2 rings (SSSR count). The summed E-state index contributed by atoms with van der Waals surface area (Å²) in [5, 5.41) is 5.83. The number of nitrogens with one attached hydrogen (secondary N) is 2. The molecule has 0 aliphatic carbocycles. The average molecular weight is 281 g/mol. The van der Waals surface area contributed by atoms with Gasteiger partial charge in [-0.25, -0.2) is 4.79 Å². The van der Waals surface area contributed by atoms with E-state index >= 15 is 0 Å². The Bertz CT molecular complexity index is 555. The van der Waals surface area contributed by atoms with Crippen molar-refractivity contribution in [1.29, 1.82) is 0 Å². The quantitative estimate of drug-likeness (QED) is 0.903. The van der Waals surface area contributed by atoms with Crippen molar-refractivity contribution in [2.24, 2.45) is 0 Å². The second-order valence-corrected chi connectivity index (χ2v) is 4.14.